The van der Waals surface area contributed by atoms with Gasteiger partial charge in [0, 0.05) is 13.0 Å². The van der Waals surface area contributed by atoms with Gasteiger partial charge < -0.3 is 9.73 Å². The molecule has 1 aromatic heterocycles. The molecule has 0 radical (unpaired) electrons. The van der Waals surface area contributed by atoms with Gasteiger partial charge in [-0.05, 0) is 12.0 Å². The number of hydrogen-bond donors (Lipinski definition) is 3. The second kappa shape index (κ2) is 6.02. The minimum absolute atomic E-state index is 0.0863. The number of amides is 1. The summed E-state index contributed by atoms with van der Waals surface area (Å²) in [4.78, 5) is 12.1. The van der Waals surface area contributed by atoms with Crippen molar-refractivity contribution < 1.29 is 9.21 Å². The Morgan fingerprint density at radius 1 is 1.33 bits per heavy atom. The molecule has 7 nitrogen and oxygen atoms in total. The summed E-state index contributed by atoms with van der Waals surface area (Å²) in [6.07, 6.45) is 0.693. The molecule has 0 saturated carbocycles. The second-order valence-electron chi connectivity index (χ2n) is 4.97. The largest absolute Gasteiger partial charge is 0.424 e. The Hall–Kier alpha value is -2.25. The number of carbonyl (C=O) groups is 1. The molecule has 2 atom stereocenters. The number of aromatic nitrogens is 2. The van der Waals surface area contributed by atoms with Crippen molar-refractivity contribution in [2.75, 3.05) is 0 Å². The maximum Gasteiger partial charge on any atom is 0.239 e. The van der Waals surface area contributed by atoms with Crippen LogP contribution in [0.15, 0.2) is 34.7 Å². The molecule has 0 aliphatic carbocycles. The molecule has 3 rings (SSSR count). The van der Waals surface area contributed by atoms with Gasteiger partial charge >= 0.3 is 0 Å². The van der Waals surface area contributed by atoms with E-state index in [4.69, 9.17) is 4.42 Å². The topological polar surface area (TPSA) is 92.1 Å². The zero-order chi connectivity index (χ0) is 14.7. The number of hydrazine groups is 1. The standard InChI is InChI=1S/C14H17N5O2/c1-9-16-19-13(21-9)8-15-14(20)12-7-11(17-18-12)10-5-3-2-4-6-10/h2-6,11-12,17-18H,7-8H2,1H3,(H,15,20). The summed E-state index contributed by atoms with van der Waals surface area (Å²) < 4.78 is 5.21. The number of nitrogens with zero attached hydrogens (tertiary/aromatic N) is 2. The monoisotopic (exact) mass is 287 g/mol. The fourth-order valence-electron chi connectivity index (χ4n) is 2.33. The van der Waals surface area contributed by atoms with E-state index in [0.29, 0.717) is 18.2 Å². The summed E-state index contributed by atoms with van der Waals surface area (Å²) in [5.41, 5.74) is 7.32. The fourth-order valence-corrected chi connectivity index (χ4v) is 2.33. The van der Waals surface area contributed by atoms with E-state index in [9.17, 15) is 4.79 Å². The van der Waals surface area contributed by atoms with Gasteiger partial charge in [-0.3, -0.25) is 4.79 Å². The van der Waals surface area contributed by atoms with Gasteiger partial charge in [-0.1, -0.05) is 30.3 Å². The summed E-state index contributed by atoms with van der Waals surface area (Å²) in [5, 5.41) is 10.3. The molecule has 1 amide bonds. The quantitative estimate of drug-likeness (QED) is 0.763. The Morgan fingerprint density at radius 2 is 2.14 bits per heavy atom. The third kappa shape index (κ3) is 3.26. The van der Waals surface area contributed by atoms with Gasteiger partial charge in [0.15, 0.2) is 0 Å². The van der Waals surface area contributed by atoms with E-state index < -0.39 is 0 Å². The molecular weight excluding hydrogens is 270 g/mol. The Morgan fingerprint density at radius 3 is 2.86 bits per heavy atom. The zero-order valence-corrected chi connectivity index (χ0v) is 11.7. The Bertz CT molecular complexity index is 613. The van der Waals surface area contributed by atoms with E-state index in [2.05, 4.69) is 26.4 Å². The van der Waals surface area contributed by atoms with E-state index in [0.717, 1.165) is 5.56 Å². The van der Waals surface area contributed by atoms with Gasteiger partial charge in [-0.15, -0.1) is 10.2 Å². The van der Waals surface area contributed by atoms with Crippen LogP contribution >= 0.6 is 0 Å². The van der Waals surface area contributed by atoms with Crippen molar-refractivity contribution in [2.45, 2.75) is 32.0 Å². The third-order valence-corrected chi connectivity index (χ3v) is 3.40. The molecular formula is C14H17N5O2. The summed E-state index contributed by atoms with van der Waals surface area (Å²) >= 11 is 0. The lowest BCUT2D eigenvalue weighted by Crippen LogP contribution is -2.42. The number of rotatable bonds is 4. The van der Waals surface area contributed by atoms with Crippen molar-refractivity contribution >= 4 is 5.91 Å². The number of aryl methyl sites for hydroxylation is 1. The highest BCUT2D eigenvalue weighted by atomic mass is 16.4. The van der Waals surface area contributed by atoms with Crippen LogP contribution in [0.25, 0.3) is 0 Å². The number of carbonyl (C=O) groups excluding carboxylic acids is 1. The molecule has 21 heavy (non-hydrogen) atoms. The van der Waals surface area contributed by atoms with Gasteiger partial charge in [0.25, 0.3) is 0 Å². The van der Waals surface area contributed by atoms with Gasteiger partial charge in [0.05, 0.1) is 6.54 Å². The maximum absolute atomic E-state index is 12.1. The highest BCUT2D eigenvalue weighted by Gasteiger charge is 2.29. The first-order valence-corrected chi connectivity index (χ1v) is 6.85. The first-order chi connectivity index (χ1) is 10.2. The molecule has 2 heterocycles. The van der Waals surface area contributed by atoms with E-state index >= 15 is 0 Å². The highest BCUT2D eigenvalue weighted by molar-refractivity contribution is 5.81. The predicted octanol–water partition coefficient (Wildman–Crippen LogP) is 0.602. The van der Waals surface area contributed by atoms with Crippen LogP contribution in [0.4, 0.5) is 0 Å². The van der Waals surface area contributed by atoms with E-state index in [1.165, 1.54) is 0 Å². The van der Waals surface area contributed by atoms with Crippen molar-refractivity contribution in [1.29, 1.82) is 0 Å². The molecule has 1 aromatic carbocycles. The van der Waals surface area contributed by atoms with Gasteiger partial charge in [0.2, 0.25) is 17.7 Å². The van der Waals surface area contributed by atoms with Crippen molar-refractivity contribution in [3.63, 3.8) is 0 Å². The fraction of sp³-hybridized carbons (Fsp3) is 0.357. The molecule has 1 aliphatic heterocycles. The number of benzene rings is 1. The van der Waals surface area contributed by atoms with Crippen molar-refractivity contribution in [1.82, 2.24) is 26.4 Å². The first-order valence-electron chi connectivity index (χ1n) is 6.85. The highest BCUT2D eigenvalue weighted by Crippen LogP contribution is 2.21. The van der Waals surface area contributed by atoms with Crippen LogP contribution in [0, 0.1) is 6.92 Å². The van der Waals surface area contributed by atoms with Gasteiger partial charge in [-0.2, -0.15) is 0 Å². The van der Waals surface area contributed by atoms with Crippen molar-refractivity contribution in [3.05, 3.63) is 47.7 Å². The molecule has 7 heteroatoms. The Balaban J connectivity index is 1.52. The minimum Gasteiger partial charge on any atom is -0.424 e. The molecule has 1 fully saturated rings. The van der Waals surface area contributed by atoms with Crippen LogP contribution < -0.4 is 16.2 Å². The minimum atomic E-state index is -0.278. The Kier molecular flexibility index (Phi) is 3.94. The molecule has 1 saturated heterocycles. The lowest BCUT2D eigenvalue weighted by atomic mass is 10.0. The smallest absolute Gasteiger partial charge is 0.239 e. The van der Waals surface area contributed by atoms with Crippen LogP contribution in [-0.4, -0.2) is 22.1 Å². The summed E-state index contributed by atoms with van der Waals surface area (Å²) in [5.74, 6) is 0.812. The van der Waals surface area contributed by atoms with Crippen LogP contribution in [0.2, 0.25) is 0 Å². The van der Waals surface area contributed by atoms with Gasteiger partial charge in [0.1, 0.15) is 6.04 Å². The van der Waals surface area contributed by atoms with E-state index in [-0.39, 0.29) is 24.5 Å². The molecule has 2 unspecified atom stereocenters. The molecule has 110 valence electrons. The number of nitrogens with one attached hydrogen (secondary N) is 3. The maximum atomic E-state index is 12.1. The normalized spacial score (nSPS) is 21.4. The van der Waals surface area contributed by atoms with Crippen LogP contribution in [0.3, 0.4) is 0 Å². The van der Waals surface area contributed by atoms with Crippen LogP contribution in [0.5, 0.6) is 0 Å². The lowest BCUT2D eigenvalue weighted by Gasteiger charge is -2.09. The van der Waals surface area contributed by atoms with E-state index in [1.807, 2.05) is 30.3 Å². The lowest BCUT2D eigenvalue weighted by molar-refractivity contribution is -0.123. The Labute approximate surface area is 122 Å². The number of hydrogen-bond acceptors (Lipinski definition) is 6. The second-order valence-corrected chi connectivity index (χ2v) is 4.97. The average molecular weight is 287 g/mol. The summed E-state index contributed by atoms with van der Waals surface area (Å²) in [6.45, 7) is 1.96. The van der Waals surface area contributed by atoms with Crippen molar-refractivity contribution in [2.24, 2.45) is 0 Å². The van der Waals surface area contributed by atoms with Crippen LogP contribution in [-0.2, 0) is 11.3 Å². The zero-order valence-electron chi connectivity index (χ0n) is 11.7. The molecule has 0 spiro atoms. The summed E-state index contributed by atoms with van der Waals surface area (Å²) in [7, 11) is 0. The van der Waals surface area contributed by atoms with Crippen LogP contribution in [0.1, 0.15) is 29.8 Å². The summed E-state index contributed by atoms with van der Waals surface area (Å²) in [6, 6.07) is 9.89. The third-order valence-electron chi connectivity index (χ3n) is 3.40. The predicted molar refractivity (Wildman–Crippen MR) is 74.7 cm³/mol. The SMILES string of the molecule is Cc1nnc(CNC(=O)C2CC(c3ccccc3)NN2)o1. The molecule has 3 N–H and O–H groups in total. The molecule has 2 aromatic rings. The van der Waals surface area contributed by atoms with Gasteiger partial charge in [-0.25, -0.2) is 10.9 Å². The first kappa shape index (κ1) is 13.7. The van der Waals surface area contributed by atoms with E-state index in [1.54, 1.807) is 6.92 Å². The molecule has 0 bridgehead atoms. The molecule has 1 aliphatic rings. The van der Waals surface area contributed by atoms with Crippen molar-refractivity contribution in [3.8, 4) is 0 Å². The average Bonchev–Trinajstić information content (AvgIpc) is 3.15.